The molecule has 1 radical (unpaired) electrons. The SMILES string of the molecule is C1=Cc2cc3ccc(cc4cc(-c5ccccc5)c(cc5nc(cc1n2)C=C5)[nH]4)[nH]3.[Au]. The number of aromatic amines is 2. The van der Waals surface area contributed by atoms with E-state index in [-0.39, 0.29) is 22.4 Å². The van der Waals surface area contributed by atoms with Gasteiger partial charge in [0.1, 0.15) is 0 Å². The van der Waals surface area contributed by atoms with Gasteiger partial charge in [0.25, 0.3) is 0 Å². The van der Waals surface area contributed by atoms with Gasteiger partial charge in [-0.15, -0.1) is 0 Å². The van der Waals surface area contributed by atoms with Crippen LogP contribution < -0.4 is 0 Å². The number of benzene rings is 1. The molecule has 2 N–H and O–H groups in total. The van der Waals surface area contributed by atoms with Crippen LogP contribution in [-0.2, 0) is 22.4 Å². The van der Waals surface area contributed by atoms with Crippen LogP contribution >= 0.6 is 0 Å². The van der Waals surface area contributed by atoms with Crippen LogP contribution in [0.1, 0.15) is 22.8 Å². The number of rotatable bonds is 1. The zero-order valence-electron chi connectivity index (χ0n) is 16.4. The number of H-pyrrole nitrogens is 2. The summed E-state index contributed by atoms with van der Waals surface area (Å²) in [5.41, 5.74) is 10.1. The molecule has 31 heavy (non-hydrogen) atoms. The fraction of sp³-hybridized carbons (Fsp3) is 0. The first-order chi connectivity index (χ1) is 14.8. The van der Waals surface area contributed by atoms with Gasteiger partial charge < -0.3 is 9.97 Å². The number of nitrogens with one attached hydrogen (secondary N) is 2. The maximum absolute atomic E-state index is 4.76. The molecular weight excluding hydrogens is 565 g/mol. The fourth-order valence-electron chi connectivity index (χ4n) is 3.87. The molecule has 0 unspecified atom stereocenters. The third-order valence-corrected chi connectivity index (χ3v) is 5.25. The molecule has 8 bridgehead atoms. The van der Waals surface area contributed by atoms with E-state index in [1.165, 1.54) is 5.56 Å². The molecule has 5 heteroatoms. The van der Waals surface area contributed by atoms with Crippen molar-refractivity contribution >= 4 is 46.4 Å². The topological polar surface area (TPSA) is 57.4 Å². The third kappa shape index (κ3) is 3.97. The van der Waals surface area contributed by atoms with E-state index in [1.54, 1.807) is 0 Å². The van der Waals surface area contributed by atoms with Crippen LogP contribution in [-0.4, -0.2) is 19.9 Å². The second-order valence-electron chi connectivity index (χ2n) is 7.45. The number of hydrogen-bond acceptors (Lipinski definition) is 2. The van der Waals surface area contributed by atoms with E-state index in [4.69, 9.17) is 4.98 Å². The van der Waals surface area contributed by atoms with Crippen LogP contribution in [0.2, 0.25) is 0 Å². The molecule has 153 valence electrons. The Bertz CT molecular complexity index is 1490. The molecule has 0 saturated heterocycles. The molecule has 4 aromatic rings. The Kier molecular flexibility index (Phi) is 5.04. The minimum atomic E-state index is 0. The van der Waals surface area contributed by atoms with Gasteiger partial charge in [-0.2, -0.15) is 0 Å². The van der Waals surface area contributed by atoms with Crippen molar-refractivity contribution in [2.75, 3.05) is 0 Å². The summed E-state index contributed by atoms with van der Waals surface area (Å²) in [6, 6.07) is 25.0. The number of hydrogen-bond donors (Lipinski definition) is 2. The van der Waals surface area contributed by atoms with Crippen LogP contribution in [0.25, 0.3) is 57.5 Å². The van der Waals surface area contributed by atoms with Gasteiger partial charge in [0.15, 0.2) is 0 Å². The van der Waals surface area contributed by atoms with E-state index in [1.807, 2.05) is 42.5 Å². The molecule has 2 aliphatic rings. The molecule has 6 rings (SSSR count). The molecule has 4 nitrogen and oxygen atoms in total. The van der Waals surface area contributed by atoms with E-state index in [2.05, 4.69) is 69.5 Å². The molecular formula is C26H18AuN4. The van der Waals surface area contributed by atoms with Gasteiger partial charge in [-0.25, -0.2) is 9.97 Å². The Balaban J connectivity index is 0.00000204. The van der Waals surface area contributed by atoms with Crippen molar-refractivity contribution in [2.24, 2.45) is 0 Å². The first kappa shape index (κ1) is 19.5. The maximum atomic E-state index is 4.76. The average molecular weight is 583 g/mol. The van der Waals surface area contributed by atoms with E-state index >= 15 is 0 Å². The van der Waals surface area contributed by atoms with Crippen molar-refractivity contribution in [3.8, 4) is 11.1 Å². The van der Waals surface area contributed by atoms with Crippen molar-refractivity contribution in [1.82, 2.24) is 19.9 Å². The van der Waals surface area contributed by atoms with Gasteiger partial charge in [-0.3, -0.25) is 0 Å². The molecule has 0 fully saturated rings. The summed E-state index contributed by atoms with van der Waals surface area (Å²) >= 11 is 0. The van der Waals surface area contributed by atoms with Crippen LogP contribution in [0.4, 0.5) is 0 Å². The smallest absolute Gasteiger partial charge is 0.0659 e. The summed E-state index contributed by atoms with van der Waals surface area (Å²) in [4.78, 5) is 16.4. The van der Waals surface area contributed by atoms with Crippen molar-refractivity contribution in [3.63, 3.8) is 0 Å². The molecule has 5 heterocycles. The fourth-order valence-corrected chi connectivity index (χ4v) is 3.87. The summed E-state index contributed by atoms with van der Waals surface area (Å²) in [7, 11) is 0. The average Bonchev–Trinajstić information content (AvgIpc) is 3.53. The summed E-state index contributed by atoms with van der Waals surface area (Å²) in [5, 5.41) is 0. The molecule has 3 aromatic heterocycles. The Morgan fingerprint density at radius 2 is 1.13 bits per heavy atom. The molecule has 0 aliphatic carbocycles. The molecule has 0 saturated carbocycles. The van der Waals surface area contributed by atoms with E-state index < -0.39 is 0 Å². The predicted molar refractivity (Wildman–Crippen MR) is 124 cm³/mol. The van der Waals surface area contributed by atoms with Crippen molar-refractivity contribution in [2.45, 2.75) is 0 Å². The van der Waals surface area contributed by atoms with Gasteiger partial charge in [-0.05, 0) is 72.3 Å². The van der Waals surface area contributed by atoms with Gasteiger partial charge in [0, 0.05) is 50.0 Å². The predicted octanol–water partition coefficient (Wildman–Crippen LogP) is 6.32. The van der Waals surface area contributed by atoms with Crippen LogP contribution in [0.15, 0.2) is 72.8 Å². The Morgan fingerprint density at radius 1 is 0.516 bits per heavy atom. The van der Waals surface area contributed by atoms with Crippen molar-refractivity contribution in [3.05, 3.63) is 95.6 Å². The molecule has 0 spiro atoms. The van der Waals surface area contributed by atoms with E-state index in [9.17, 15) is 0 Å². The quantitative estimate of drug-likeness (QED) is 0.223. The van der Waals surface area contributed by atoms with E-state index in [0.717, 1.165) is 50.4 Å². The van der Waals surface area contributed by atoms with Gasteiger partial charge in [0.2, 0.25) is 0 Å². The number of fused-ring (bicyclic) bond motifs is 8. The molecule has 1 aromatic carbocycles. The van der Waals surface area contributed by atoms with Crippen molar-refractivity contribution < 1.29 is 22.4 Å². The summed E-state index contributed by atoms with van der Waals surface area (Å²) in [6.45, 7) is 0. The minimum Gasteiger partial charge on any atom is -0.355 e. The van der Waals surface area contributed by atoms with E-state index in [0.29, 0.717) is 0 Å². The summed E-state index contributed by atoms with van der Waals surface area (Å²) < 4.78 is 0. The summed E-state index contributed by atoms with van der Waals surface area (Å²) in [6.07, 6.45) is 8.10. The van der Waals surface area contributed by atoms with Gasteiger partial charge in [0.05, 0.1) is 22.8 Å². The second-order valence-corrected chi connectivity index (χ2v) is 7.45. The molecule has 2 aliphatic heterocycles. The minimum absolute atomic E-state index is 0. The first-order valence-electron chi connectivity index (χ1n) is 9.92. The Morgan fingerprint density at radius 3 is 1.84 bits per heavy atom. The Hall–Kier alpha value is -3.44. The van der Waals surface area contributed by atoms with Gasteiger partial charge >= 0.3 is 0 Å². The van der Waals surface area contributed by atoms with Crippen molar-refractivity contribution in [1.29, 1.82) is 0 Å². The molecule has 0 amide bonds. The number of aromatic nitrogens is 4. The van der Waals surface area contributed by atoms with Crippen LogP contribution in [0.5, 0.6) is 0 Å². The van der Waals surface area contributed by atoms with Crippen LogP contribution in [0, 0.1) is 0 Å². The number of nitrogens with zero attached hydrogens (tertiary/aromatic N) is 2. The summed E-state index contributed by atoms with van der Waals surface area (Å²) in [5.74, 6) is 0. The van der Waals surface area contributed by atoms with Crippen LogP contribution in [0.3, 0.4) is 0 Å². The normalized spacial score (nSPS) is 12.0. The standard InChI is InChI=1S/C26H18N4.Au/c1-2-4-17(5-3-1)25-15-24-14-22-9-8-20(28-22)12-18-6-7-19(27-18)13-21-10-11-23(29-21)16-26(25)30-24;/h1-16,28,30H;. The largest absolute Gasteiger partial charge is 0.355 e. The third-order valence-electron chi connectivity index (χ3n) is 5.25. The monoisotopic (exact) mass is 583 g/mol. The zero-order valence-corrected chi connectivity index (χ0v) is 18.6. The van der Waals surface area contributed by atoms with Gasteiger partial charge in [-0.1, -0.05) is 30.3 Å². The second kappa shape index (κ2) is 8.00. The maximum Gasteiger partial charge on any atom is 0.0659 e. The zero-order chi connectivity index (χ0) is 19.9. The first-order valence-corrected chi connectivity index (χ1v) is 9.92. The Labute approximate surface area is 194 Å². The molecule has 0 atom stereocenters.